The smallest absolute Gasteiger partial charge is 0.199 e. The highest BCUT2D eigenvalue weighted by Crippen LogP contribution is 2.25. The predicted molar refractivity (Wildman–Crippen MR) is 69.6 cm³/mol. The van der Waals surface area contributed by atoms with Crippen molar-refractivity contribution in [1.29, 1.82) is 0 Å². The van der Waals surface area contributed by atoms with Crippen molar-refractivity contribution in [3.63, 3.8) is 0 Å². The van der Waals surface area contributed by atoms with Gasteiger partial charge in [0.05, 0.1) is 17.3 Å². The summed E-state index contributed by atoms with van der Waals surface area (Å²) in [5, 5.41) is 16.7. The van der Waals surface area contributed by atoms with E-state index in [1.807, 2.05) is 0 Å². The van der Waals surface area contributed by atoms with Gasteiger partial charge in [0.15, 0.2) is 4.77 Å². The van der Waals surface area contributed by atoms with Gasteiger partial charge in [0.2, 0.25) is 0 Å². The molecule has 0 aliphatic heterocycles. The van der Waals surface area contributed by atoms with Crippen LogP contribution in [0.4, 0.5) is 0 Å². The maximum atomic E-state index is 8.96. The molecule has 7 heteroatoms. The molecule has 2 rings (SSSR count). The first kappa shape index (κ1) is 12.6. The molecule has 1 aromatic carbocycles. The van der Waals surface area contributed by atoms with Crippen LogP contribution in [0.5, 0.6) is 0 Å². The number of aromatic amines is 1. The number of rotatable bonds is 3. The number of hydrogen-bond acceptors (Lipinski definition) is 3. The van der Waals surface area contributed by atoms with Crippen molar-refractivity contribution in [1.82, 2.24) is 14.8 Å². The van der Waals surface area contributed by atoms with Gasteiger partial charge < -0.3 is 5.11 Å². The lowest BCUT2D eigenvalue weighted by Gasteiger charge is -2.08. The third-order valence-corrected chi connectivity index (χ3v) is 3.04. The Hall–Kier alpha value is -0.880. The van der Waals surface area contributed by atoms with Gasteiger partial charge in [0.25, 0.3) is 0 Å². The Labute approximate surface area is 113 Å². The summed E-state index contributed by atoms with van der Waals surface area (Å²) in [5.74, 6) is 0.627. The van der Waals surface area contributed by atoms with Crippen LogP contribution in [0.3, 0.4) is 0 Å². The van der Waals surface area contributed by atoms with E-state index in [1.54, 1.807) is 22.8 Å². The second-order valence-corrected chi connectivity index (χ2v) is 4.58. The maximum Gasteiger partial charge on any atom is 0.199 e. The van der Waals surface area contributed by atoms with Crippen LogP contribution in [0.15, 0.2) is 18.2 Å². The Bertz CT molecular complexity index is 593. The van der Waals surface area contributed by atoms with Gasteiger partial charge in [-0.2, -0.15) is 5.10 Å². The lowest BCUT2D eigenvalue weighted by atomic mass is 10.3. The molecule has 1 aromatic heterocycles. The first-order chi connectivity index (χ1) is 8.13. The zero-order valence-electron chi connectivity index (χ0n) is 8.65. The van der Waals surface area contributed by atoms with Crippen LogP contribution in [0, 0.1) is 4.77 Å². The summed E-state index contributed by atoms with van der Waals surface area (Å²) in [7, 11) is 0. The second-order valence-electron chi connectivity index (χ2n) is 3.35. The molecule has 0 saturated carbocycles. The quantitative estimate of drug-likeness (QED) is 0.855. The molecule has 0 bridgehead atoms. The molecule has 0 aliphatic carbocycles. The zero-order valence-corrected chi connectivity index (χ0v) is 11.0. The largest absolute Gasteiger partial charge is 0.396 e. The fraction of sp³-hybridized carbons (Fsp3) is 0.200. The van der Waals surface area contributed by atoms with Crippen LogP contribution >= 0.6 is 35.4 Å². The third-order valence-electron chi connectivity index (χ3n) is 2.23. The maximum absolute atomic E-state index is 8.96. The van der Waals surface area contributed by atoms with Crippen molar-refractivity contribution < 1.29 is 5.11 Å². The first-order valence-corrected chi connectivity index (χ1v) is 6.02. The normalized spacial score (nSPS) is 10.8. The highest BCUT2D eigenvalue weighted by atomic mass is 35.5. The highest BCUT2D eigenvalue weighted by Gasteiger charge is 2.11. The molecule has 1 heterocycles. The summed E-state index contributed by atoms with van der Waals surface area (Å²) in [6.07, 6.45) is 0.395. The second kappa shape index (κ2) is 5.18. The van der Waals surface area contributed by atoms with Gasteiger partial charge in [-0.15, -0.1) is 0 Å². The van der Waals surface area contributed by atoms with Crippen LogP contribution in [-0.4, -0.2) is 26.5 Å². The SMILES string of the molecule is OCCc1n[nH]c(=S)n1-c1ccc(Cl)cc1Cl. The van der Waals surface area contributed by atoms with E-state index in [0.717, 1.165) is 0 Å². The average Bonchev–Trinajstić information content (AvgIpc) is 2.62. The van der Waals surface area contributed by atoms with Crippen molar-refractivity contribution in [2.45, 2.75) is 6.42 Å². The summed E-state index contributed by atoms with van der Waals surface area (Å²) >= 11 is 17.1. The molecule has 2 aromatic rings. The van der Waals surface area contributed by atoms with E-state index in [1.165, 1.54) is 0 Å². The van der Waals surface area contributed by atoms with Crippen LogP contribution in [-0.2, 0) is 6.42 Å². The Morgan fingerprint density at radius 3 is 2.82 bits per heavy atom. The molecule has 0 amide bonds. The number of benzene rings is 1. The van der Waals surface area contributed by atoms with Crippen LogP contribution < -0.4 is 0 Å². The number of hydrogen-bond donors (Lipinski definition) is 2. The lowest BCUT2D eigenvalue weighted by Crippen LogP contribution is -2.04. The Balaban J connectivity index is 2.59. The minimum absolute atomic E-state index is 0.00909. The van der Waals surface area contributed by atoms with Gasteiger partial charge in [-0.1, -0.05) is 23.2 Å². The number of nitrogens with one attached hydrogen (secondary N) is 1. The minimum Gasteiger partial charge on any atom is -0.396 e. The van der Waals surface area contributed by atoms with Gasteiger partial charge in [0, 0.05) is 11.4 Å². The summed E-state index contributed by atoms with van der Waals surface area (Å²) in [6, 6.07) is 5.12. The molecule has 4 nitrogen and oxygen atoms in total. The molecule has 2 N–H and O–H groups in total. The molecule has 17 heavy (non-hydrogen) atoms. The van der Waals surface area contributed by atoms with Crippen molar-refractivity contribution in [2.75, 3.05) is 6.61 Å². The molecule has 0 saturated heterocycles. The zero-order chi connectivity index (χ0) is 12.4. The molecule has 0 unspecified atom stereocenters. The molecular formula is C10H9Cl2N3OS. The van der Waals surface area contributed by atoms with E-state index in [4.69, 9.17) is 40.5 Å². The fourth-order valence-electron chi connectivity index (χ4n) is 1.51. The van der Waals surface area contributed by atoms with Crippen LogP contribution in [0.25, 0.3) is 5.69 Å². The molecule has 90 valence electrons. The van der Waals surface area contributed by atoms with E-state index in [2.05, 4.69) is 10.2 Å². The number of aromatic nitrogens is 3. The van der Waals surface area contributed by atoms with E-state index in [0.29, 0.717) is 32.7 Å². The lowest BCUT2D eigenvalue weighted by molar-refractivity contribution is 0.296. The van der Waals surface area contributed by atoms with Crippen molar-refractivity contribution >= 4 is 35.4 Å². The van der Waals surface area contributed by atoms with E-state index in [-0.39, 0.29) is 6.61 Å². The molecule has 0 fully saturated rings. The third kappa shape index (κ3) is 2.52. The Morgan fingerprint density at radius 2 is 2.18 bits per heavy atom. The van der Waals surface area contributed by atoms with Crippen LogP contribution in [0.1, 0.15) is 5.82 Å². The number of H-pyrrole nitrogens is 1. The summed E-state index contributed by atoms with van der Waals surface area (Å²) in [4.78, 5) is 0. The van der Waals surface area contributed by atoms with Crippen molar-refractivity contribution in [3.05, 3.63) is 38.8 Å². The molecule has 0 spiro atoms. The number of halogens is 2. The molecule has 0 atom stereocenters. The Morgan fingerprint density at radius 1 is 1.41 bits per heavy atom. The van der Waals surface area contributed by atoms with Crippen LogP contribution in [0.2, 0.25) is 10.0 Å². The monoisotopic (exact) mass is 289 g/mol. The minimum atomic E-state index is -0.00909. The number of aliphatic hydroxyl groups is 1. The number of aliphatic hydroxyl groups excluding tert-OH is 1. The Kier molecular flexibility index (Phi) is 3.83. The van der Waals surface area contributed by atoms with Gasteiger partial charge in [0.1, 0.15) is 5.82 Å². The van der Waals surface area contributed by atoms with E-state index >= 15 is 0 Å². The average molecular weight is 290 g/mol. The molecule has 0 radical (unpaired) electrons. The standard InChI is InChI=1S/C10H9Cl2N3OS/c11-6-1-2-8(7(12)5-6)15-9(3-4-16)13-14-10(15)17/h1-2,5,16H,3-4H2,(H,14,17). The summed E-state index contributed by atoms with van der Waals surface area (Å²) in [5.41, 5.74) is 0.693. The van der Waals surface area contributed by atoms with Gasteiger partial charge >= 0.3 is 0 Å². The van der Waals surface area contributed by atoms with Gasteiger partial charge in [-0.05, 0) is 30.4 Å². The van der Waals surface area contributed by atoms with Gasteiger partial charge in [-0.25, -0.2) is 0 Å². The van der Waals surface area contributed by atoms with Crippen molar-refractivity contribution in [3.8, 4) is 5.69 Å². The summed E-state index contributed by atoms with van der Waals surface area (Å²) in [6.45, 7) is -0.00909. The fourth-order valence-corrected chi connectivity index (χ4v) is 2.25. The molecular weight excluding hydrogens is 281 g/mol. The van der Waals surface area contributed by atoms with Gasteiger partial charge in [-0.3, -0.25) is 9.67 Å². The summed E-state index contributed by atoms with van der Waals surface area (Å²) < 4.78 is 2.11. The van der Waals surface area contributed by atoms with Crippen molar-refractivity contribution in [2.24, 2.45) is 0 Å². The highest BCUT2D eigenvalue weighted by molar-refractivity contribution is 7.71. The first-order valence-electron chi connectivity index (χ1n) is 4.86. The predicted octanol–water partition coefficient (Wildman–Crippen LogP) is 2.77. The van der Waals surface area contributed by atoms with E-state index in [9.17, 15) is 0 Å². The van der Waals surface area contributed by atoms with E-state index < -0.39 is 0 Å². The number of nitrogens with zero attached hydrogens (tertiary/aromatic N) is 2. The topological polar surface area (TPSA) is 53.8 Å². The molecule has 0 aliphatic rings.